The minimum absolute atomic E-state index is 0.116. The molecule has 0 saturated carbocycles. The van der Waals surface area contributed by atoms with Crippen LogP contribution in [0.2, 0.25) is 0 Å². The van der Waals surface area contributed by atoms with Gasteiger partial charge in [-0.05, 0) is 33.8 Å². The topological polar surface area (TPSA) is 73.2 Å². The fourth-order valence-corrected chi connectivity index (χ4v) is 1.42. The fourth-order valence-electron chi connectivity index (χ4n) is 1.42. The van der Waals surface area contributed by atoms with Crippen molar-refractivity contribution < 1.29 is 14.3 Å². The zero-order valence-corrected chi connectivity index (χ0v) is 11.1. The molecule has 0 aromatic carbocycles. The maximum Gasteiger partial charge on any atom is 0.407 e. The van der Waals surface area contributed by atoms with Crippen LogP contribution in [0.5, 0.6) is 0 Å². The van der Waals surface area contributed by atoms with E-state index in [1.165, 1.54) is 4.68 Å². The summed E-state index contributed by atoms with van der Waals surface area (Å²) in [7, 11) is 0. The van der Waals surface area contributed by atoms with E-state index in [0.29, 0.717) is 12.8 Å². The smallest absolute Gasteiger partial charge is 0.407 e. The van der Waals surface area contributed by atoms with Crippen LogP contribution in [0.25, 0.3) is 0 Å². The molecular weight excluding hydrogens is 234 g/mol. The van der Waals surface area contributed by atoms with Crippen molar-refractivity contribution >= 4 is 12.5 Å². The van der Waals surface area contributed by atoms with Crippen molar-refractivity contribution in [1.29, 1.82) is 0 Å². The van der Waals surface area contributed by atoms with Crippen molar-refractivity contribution in [2.75, 3.05) is 0 Å². The summed E-state index contributed by atoms with van der Waals surface area (Å²) in [5.41, 5.74) is 0.230. The third kappa shape index (κ3) is 4.99. The van der Waals surface area contributed by atoms with Gasteiger partial charge < -0.3 is 10.1 Å². The molecule has 0 radical (unpaired) electrons. The van der Waals surface area contributed by atoms with Gasteiger partial charge in [-0.2, -0.15) is 5.10 Å². The summed E-state index contributed by atoms with van der Waals surface area (Å²) in [4.78, 5) is 22.0. The molecule has 1 unspecified atom stereocenters. The van der Waals surface area contributed by atoms with E-state index < -0.39 is 11.7 Å². The van der Waals surface area contributed by atoms with E-state index in [1.807, 2.05) is 27.7 Å². The van der Waals surface area contributed by atoms with Gasteiger partial charge in [0.25, 0.3) is 0 Å². The number of alkyl carbamates (subject to hydrolysis) is 1. The van der Waals surface area contributed by atoms with Crippen molar-refractivity contribution in [3.63, 3.8) is 0 Å². The molecule has 1 heterocycles. The van der Waals surface area contributed by atoms with E-state index in [0.717, 1.165) is 5.69 Å². The molecule has 0 spiro atoms. The minimum atomic E-state index is -0.511. The number of ether oxygens (including phenoxy) is 1. The zero-order valence-electron chi connectivity index (χ0n) is 11.1. The molecule has 0 aliphatic carbocycles. The van der Waals surface area contributed by atoms with Crippen LogP contribution in [0.3, 0.4) is 0 Å². The molecule has 1 aromatic rings. The monoisotopic (exact) mass is 253 g/mol. The van der Waals surface area contributed by atoms with Crippen LogP contribution in [-0.4, -0.2) is 33.9 Å². The highest BCUT2D eigenvalue weighted by Crippen LogP contribution is 2.07. The largest absolute Gasteiger partial charge is 0.444 e. The van der Waals surface area contributed by atoms with Crippen LogP contribution in [0.4, 0.5) is 4.79 Å². The van der Waals surface area contributed by atoms with Crippen molar-refractivity contribution in [2.45, 2.75) is 45.8 Å². The Kier molecular flexibility index (Phi) is 4.47. The predicted octanol–water partition coefficient (Wildman–Crippen LogP) is 1.38. The molecule has 18 heavy (non-hydrogen) atoms. The molecule has 1 N–H and O–H groups in total. The number of hydrogen-bond acceptors (Lipinski definition) is 4. The molecule has 0 fully saturated rings. The van der Waals surface area contributed by atoms with Gasteiger partial charge in [0, 0.05) is 18.7 Å². The quantitative estimate of drug-likeness (QED) is 0.823. The Balaban J connectivity index is 2.44. The van der Waals surface area contributed by atoms with Gasteiger partial charge in [-0.25, -0.2) is 9.48 Å². The summed E-state index contributed by atoms with van der Waals surface area (Å²) in [5, 5.41) is 6.72. The van der Waals surface area contributed by atoms with Gasteiger partial charge in [-0.15, -0.1) is 0 Å². The number of carbonyl (C=O) groups excluding carboxylic acids is 2. The van der Waals surface area contributed by atoms with Crippen molar-refractivity contribution in [3.8, 4) is 0 Å². The Bertz CT molecular complexity index is 420. The summed E-state index contributed by atoms with van der Waals surface area (Å²) < 4.78 is 6.33. The van der Waals surface area contributed by atoms with E-state index in [9.17, 15) is 9.59 Å². The third-order valence-corrected chi connectivity index (χ3v) is 2.05. The lowest BCUT2D eigenvalue weighted by Gasteiger charge is -2.21. The standard InChI is InChI=1S/C12H19N3O3/c1-9(13-11(17)18-12(2,3)4)7-10-5-6-15(8-16)14-10/h5-6,8-9H,7H2,1-4H3,(H,13,17). The Morgan fingerprint density at radius 2 is 2.28 bits per heavy atom. The minimum Gasteiger partial charge on any atom is -0.444 e. The number of hydrogen-bond donors (Lipinski definition) is 1. The van der Waals surface area contributed by atoms with Crippen molar-refractivity contribution in [1.82, 2.24) is 15.1 Å². The number of nitrogens with zero attached hydrogens (tertiary/aromatic N) is 2. The molecule has 0 aliphatic rings. The maximum absolute atomic E-state index is 11.5. The summed E-state index contributed by atoms with van der Waals surface area (Å²) >= 11 is 0. The molecule has 1 atom stereocenters. The molecule has 6 heteroatoms. The van der Waals surface area contributed by atoms with Gasteiger partial charge in [0.15, 0.2) is 0 Å². The normalized spacial score (nSPS) is 12.9. The molecule has 0 saturated heterocycles. The van der Waals surface area contributed by atoms with Gasteiger partial charge in [-0.3, -0.25) is 4.79 Å². The van der Waals surface area contributed by atoms with Crippen LogP contribution >= 0.6 is 0 Å². The van der Waals surface area contributed by atoms with Crippen LogP contribution < -0.4 is 5.32 Å². The zero-order chi connectivity index (χ0) is 13.8. The first-order valence-electron chi connectivity index (χ1n) is 5.79. The number of rotatable bonds is 4. The summed E-state index contributed by atoms with van der Waals surface area (Å²) in [6, 6.07) is 1.62. The number of aromatic nitrogens is 2. The van der Waals surface area contributed by atoms with Gasteiger partial charge in [0.2, 0.25) is 6.41 Å². The van der Waals surface area contributed by atoms with E-state index in [2.05, 4.69) is 10.4 Å². The number of nitrogens with one attached hydrogen (secondary N) is 1. The van der Waals surface area contributed by atoms with Crippen LogP contribution in [0, 0.1) is 0 Å². The average molecular weight is 253 g/mol. The molecule has 1 aromatic heterocycles. The Morgan fingerprint density at radius 3 is 2.78 bits per heavy atom. The lowest BCUT2D eigenvalue weighted by Crippen LogP contribution is -2.38. The lowest BCUT2D eigenvalue weighted by atomic mass is 10.2. The maximum atomic E-state index is 11.5. The first-order chi connectivity index (χ1) is 8.30. The summed E-state index contributed by atoms with van der Waals surface area (Å²) in [5.74, 6) is 0. The van der Waals surface area contributed by atoms with E-state index in [-0.39, 0.29) is 6.04 Å². The van der Waals surface area contributed by atoms with E-state index in [1.54, 1.807) is 12.3 Å². The third-order valence-electron chi connectivity index (χ3n) is 2.05. The molecule has 0 bridgehead atoms. The second-order valence-electron chi connectivity index (χ2n) is 5.14. The number of amides is 1. The molecule has 100 valence electrons. The molecular formula is C12H19N3O3. The second kappa shape index (κ2) is 5.66. The van der Waals surface area contributed by atoms with Gasteiger partial charge in [0.05, 0.1) is 5.69 Å². The Hall–Kier alpha value is -1.85. The summed E-state index contributed by atoms with van der Waals surface area (Å²) in [6.45, 7) is 7.28. The second-order valence-corrected chi connectivity index (χ2v) is 5.14. The van der Waals surface area contributed by atoms with Crippen molar-refractivity contribution in [3.05, 3.63) is 18.0 Å². The van der Waals surface area contributed by atoms with Gasteiger partial charge >= 0.3 is 6.09 Å². The highest BCUT2D eigenvalue weighted by atomic mass is 16.6. The van der Waals surface area contributed by atoms with Crippen LogP contribution in [0.15, 0.2) is 12.3 Å². The summed E-state index contributed by atoms with van der Waals surface area (Å²) in [6.07, 6.45) is 2.28. The van der Waals surface area contributed by atoms with Gasteiger partial charge in [-0.1, -0.05) is 0 Å². The molecule has 6 nitrogen and oxygen atoms in total. The molecule has 1 rings (SSSR count). The van der Waals surface area contributed by atoms with Crippen molar-refractivity contribution in [2.24, 2.45) is 0 Å². The Morgan fingerprint density at radius 1 is 1.61 bits per heavy atom. The number of carbonyl (C=O) groups is 2. The van der Waals surface area contributed by atoms with Gasteiger partial charge in [0.1, 0.15) is 5.60 Å². The highest BCUT2D eigenvalue weighted by molar-refractivity contribution is 5.68. The highest BCUT2D eigenvalue weighted by Gasteiger charge is 2.18. The average Bonchev–Trinajstić information content (AvgIpc) is 2.61. The molecule has 0 aliphatic heterocycles. The molecule has 1 amide bonds. The first-order valence-corrected chi connectivity index (χ1v) is 5.79. The lowest BCUT2D eigenvalue weighted by molar-refractivity contribution is 0.0508. The fraction of sp³-hybridized carbons (Fsp3) is 0.583. The van der Waals surface area contributed by atoms with Crippen LogP contribution in [0.1, 0.15) is 33.4 Å². The Labute approximate surface area is 106 Å². The predicted molar refractivity (Wildman–Crippen MR) is 66.9 cm³/mol. The van der Waals surface area contributed by atoms with E-state index >= 15 is 0 Å². The van der Waals surface area contributed by atoms with Crippen LogP contribution in [-0.2, 0) is 16.0 Å². The SMILES string of the molecule is CC(Cc1ccn(C=O)n1)NC(=O)OC(C)(C)C. The van der Waals surface area contributed by atoms with E-state index in [4.69, 9.17) is 4.74 Å². The first kappa shape index (κ1) is 14.2.